The van der Waals surface area contributed by atoms with Gasteiger partial charge in [0.2, 0.25) is 0 Å². The van der Waals surface area contributed by atoms with Crippen LogP contribution in [0.1, 0.15) is 23.2 Å². The summed E-state index contributed by atoms with van der Waals surface area (Å²) in [6.07, 6.45) is 2.33. The first-order valence-electron chi connectivity index (χ1n) is 6.23. The summed E-state index contributed by atoms with van der Waals surface area (Å²) in [5.74, 6) is 0.442. The SMILES string of the molecule is CN(C)C(=O)c1ccc([N+](=O)[O-])c(NCC2CC2)c1. The molecule has 0 unspecified atom stereocenters. The van der Waals surface area contributed by atoms with E-state index in [-0.39, 0.29) is 11.6 Å². The fourth-order valence-electron chi connectivity index (χ4n) is 1.80. The zero-order chi connectivity index (χ0) is 14.0. The third kappa shape index (κ3) is 3.21. The second-order valence-corrected chi connectivity index (χ2v) is 5.01. The van der Waals surface area contributed by atoms with Gasteiger partial charge in [-0.2, -0.15) is 0 Å². The number of carbonyl (C=O) groups is 1. The van der Waals surface area contributed by atoms with E-state index in [9.17, 15) is 14.9 Å². The van der Waals surface area contributed by atoms with Gasteiger partial charge in [-0.05, 0) is 30.9 Å². The largest absolute Gasteiger partial charge is 0.379 e. The number of anilines is 1. The van der Waals surface area contributed by atoms with Gasteiger partial charge in [0.1, 0.15) is 5.69 Å². The van der Waals surface area contributed by atoms with E-state index in [0.29, 0.717) is 17.2 Å². The van der Waals surface area contributed by atoms with E-state index in [1.807, 2.05) is 0 Å². The van der Waals surface area contributed by atoms with Crippen LogP contribution in [-0.2, 0) is 0 Å². The Morgan fingerprint density at radius 2 is 2.16 bits per heavy atom. The number of benzene rings is 1. The van der Waals surface area contributed by atoms with Crippen LogP contribution in [0.2, 0.25) is 0 Å². The molecule has 1 aliphatic carbocycles. The minimum atomic E-state index is -0.431. The van der Waals surface area contributed by atoms with Crippen LogP contribution >= 0.6 is 0 Å². The topological polar surface area (TPSA) is 75.5 Å². The number of hydrogen-bond acceptors (Lipinski definition) is 4. The highest BCUT2D eigenvalue weighted by Gasteiger charge is 2.23. The lowest BCUT2D eigenvalue weighted by atomic mass is 10.1. The first kappa shape index (κ1) is 13.3. The maximum absolute atomic E-state index is 11.9. The number of nitrogens with zero attached hydrogens (tertiary/aromatic N) is 2. The van der Waals surface area contributed by atoms with Crippen LogP contribution in [0.15, 0.2) is 18.2 Å². The highest BCUT2D eigenvalue weighted by molar-refractivity contribution is 5.95. The molecule has 1 aliphatic rings. The second-order valence-electron chi connectivity index (χ2n) is 5.01. The van der Waals surface area contributed by atoms with Gasteiger partial charge in [0.05, 0.1) is 4.92 Å². The Morgan fingerprint density at radius 1 is 1.47 bits per heavy atom. The molecular formula is C13H17N3O3. The van der Waals surface area contributed by atoms with Gasteiger partial charge >= 0.3 is 0 Å². The molecule has 1 N–H and O–H groups in total. The van der Waals surface area contributed by atoms with Crippen molar-refractivity contribution in [2.45, 2.75) is 12.8 Å². The number of rotatable bonds is 5. The van der Waals surface area contributed by atoms with Crippen molar-refractivity contribution in [3.05, 3.63) is 33.9 Å². The highest BCUT2D eigenvalue weighted by Crippen LogP contribution is 2.31. The molecule has 1 amide bonds. The number of carbonyl (C=O) groups excluding carboxylic acids is 1. The average molecular weight is 263 g/mol. The molecule has 0 heterocycles. The maximum atomic E-state index is 11.9. The quantitative estimate of drug-likeness (QED) is 0.652. The van der Waals surface area contributed by atoms with E-state index in [1.165, 1.54) is 17.0 Å². The number of nitro benzene ring substituents is 1. The summed E-state index contributed by atoms with van der Waals surface area (Å²) in [7, 11) is 3.31. The zero-order valence-electron chi connectivity index (χ0n) is 11.0. The first-order valence-corrected chi connectivity index (χ1v) is 6.23. The molecule has 0 aromatic heterocycles. The van der Waals surface area contributed by atoms with Gasteiger partial charge in [-0.15, -0.1) is 0 Å². The molecule has 0 saturated heterocycles. The fourth-order valence-corrected chi connectivity index (χ4v) is 1.80. The number of amides is 1. The van der Waals surface area contributed by atoms with Crippen molar-refractivity contribution in [2.24, 2.45) is 5.92 Å². The minimum Gasteiger partial charge on any atom is -0.379 e. The van der Waals surface area contributed by atoms with Crippen LogP contribution < -0.4 is 5.32 Å². The summed E-state index contributed by atoms with van der Waals surface area (Å²) >= 11 is 0. The van der Waals surface area contributed by atoms with Crippen LogP contribution in [0.3, 0.4) is 0 Å². The standard InChI is InChI=1S/C13H17N3O3/c1-15(2)13(17)10-5-6-12(16(18)19)11(7-10)14-8-9-3-4-9/h5-7,9,14H,3-4,8H2,1-2H3. The molecular weight excluding hydrogens is 246 g/mol. The van der Waals surface area contributed by atoms with Crippen molar-refractivity contribution >= 4 is 17.3 Å². The molecule has 1 fully saturated rings. The number of nitro groups is 1. The highest BCUT2D eigenvalue weighted by atomic mass is 16.6. The van der Waals surface area contributed by atoms with Crippen molar-refractivity contribution in [3.8, 4) is 0 Å². The molecule has 0 bridgehead atoms. The lowest BCUT2D eigenvalue weighted by Crippen LogP contribution is -2.21. The normalized spacial score (nSPS) is 14.0. The molecule has 2 rings (SSSR count). The predicted molar refractivity (Wildman–Crippen MR) is 72.3 cm³/mol. The lowest BCUT2D eigenvalue weighted by molar-refractivity contribution is -0.384. The van der Waals surface area contributed by atoms with Crippen molar-refractivity contribution < 1.29 is 9.72 Å². The molecule has 1 aromatic carbocycles. The summed E-state index contributed by atoms with van der Waals surface area (Å²) in [4.78, 5) is 23.8. The number of nitrogens with one attached hydrogen (secondary N) is 1. The van der Waals surface area contributed by atoms with E-state index < -0.39 is 4.92 Å². The molecule has 0 aliphatic heterocycles. The Bertz CT molecular complexity index is 510. The molecule has 0 spiro atoms. The van der Waals surface area contributed by atoms with Crippen LogP contribution in [0.4, 0.5) is 11.4 Å². The van der Waals surface area contributed by atoms with E-state index in [2.05, 4.69) is 5.32 Å². The van der Waals surface area contributed by atoms with Crippen molar-refractivity contribution in [1.82, 2.24) is 4.90 Å². The fraction of sp³-hybridized carbons (Fsp3) is 0.462. The molecule has 6 heteroatoms. The van der Waals surface area contributed by atoms with Crippen molar-refractivity contribution in [2.75, 3.05) is 26.0 Å². The summed E-state index contributed by atoms with van der Waals surface area (Å²) in [5, 5.41) is 14.0. The minimum absolute atomic E-state index is 0.0101. The Balaban J connectivity index is 2.25. The van der Waals surface area contributed by atoms with Crippen molar-refractivity contribution in [1.29, 1.82) is 0 Å². The van der Waals surface area contributed by atoms with Gasteiger partial charge in [0.25, 0.3) is 11.6 Å². The summed E-state index contributed by atoms with van der Waals surface area (Å²) < 4.78 is 0. The van der Waals surface area contributed by atoms with Crippen LogP contribution in [0, 0.1) is 16.0 Å². The van der Waals surface area contributed by atoms with Gasteiger partial charge in [0.15, 0.2) is 0 Å². The van der Waals surface area contributed by atoms with Gasteiger partial charge in [-0.25, -0.2) is 0 Å². The Kier molecular flexibility index (Phi) is 3.69. The summed E-state index contributed by atoms with van der Waals surface area (Å²) in [5.41, 5.74) is 0.884. The second kappa shape index (κ2) is 5.26. The molecule has 0 atom stereocenters. The number of hydrogen-bond donors (Lipinski definition) is 1. The van der Waals surface area contributed by atoms with Gasteiger partial charge < -0.3 is 10.2 Å². The third-order valence-electron chi connectivity index (χ3n) is 3.12. The monoisotopic (exact) mass is 263 g/mol. The third-order valence-corrected chi connectivity index (χ3v) is 3.12. The molecule has 19 heavy (non-hydrogen) atoms. The Morgan fingerprint density at radius 3 is 2.68 bits per heavy atom. The molecule has 0 radical (unpaired) electrons. The molecule has 6 nitrogen and oxygen atoms in total. The van der Waals surface area contributed by atoms with E-state index in [1.54, 1.807) is 20.2 Å². The van der Waals surface area contributed by atoms with E-state index >= 15 is 0 Å². The van der Waals surface area contributed by atoms with Crippen molar-refractivity contribution in [3.63, 3.8) is 0 Å². The summed E-state index contributed by atoms with van der Waals surface area (Å²) in [6.45, 7) is 0.723. The smallest absolute Gasteiger partial charge is 0.292 e. The van der Waals surface area contributed by atoms with Crippen LogP contribution in [-0.4, -0.2) is 36.4 Å². The molecule has 102 valence electrons. The zero-order valence-corrected chi connectivity index (χ0v) is 11.0. The Hall–Kier alpha value is -2.11. The summed E-state index contributed by atoms with van der Waals surface area (Å²) in [6, 6.07) is 4.43. The van der Waals surface area contributed by atoms with Gasteiger partial charge in [-0.1, -0.05) is 0 Å². The molecule has 1 saturated carbocycles. The molecule has 1 aromatic rings. The van der Waals surface area contributed by atoms with E-state index in [4.69, 9.17) is 0 Å². The van der Waals surface area contributed by atoms with Gasteiger partial charge in [0, 0.05) is 32.3 Å². The predicted octanol–water partition coefficient (Wildman–Crippen LogP) is 2.12. The van der Waals surface area contributed by atoms with Gasteiger partial charge in [-0.3, -0.25) is 14.9 Å². The van der Waals surface area contributed by atoms with Crippen LogP contribution in [0.5, 0.6) is 0 Å². The van der Waals surface area contributed by atoms with E-state index in [0.717, 1.165) is 19.4 Å². The average Bonchev–Trinajstić information content (AvgIpc) is 3.18. The Labute approximate surface area is 111 Å². The lowest BCUT2D eigenvalue weighted by Gasteiger charge is -2.12. The maximum Gasteiger partial charge on any atom is 0.292 e. The van der Waals surface area contributed by atoms with Crippen LogP contribution in [0.25, 0.3) is 0 Å². The first-order chi connectivity index (χ1) is 8.99.